The summed E-state index contributed by atoms with van der Waals surface area (Å²) in [5.74, 6) is -0.870. The Hall–Kier alpha value is -1.22. The zero-order valence-electron chi connectivity index (χ0n) is 6.88. The van der Waals surface area contributed by atoms with Crippen molar-refractivity contribution in [2.24, 2.45) is 0 Å². The van der Waals surface area contributed by atoms with Crippen molar-refractivity contribution in [3.8, 4) is 5.75 Å². The van der Waals surface area contributed by atoms with Gasteiger partial charge in [0.15, 0.2) is 0 Å². The third kappa shape index (κ3) is 2.86. The average molecular weight is 258 g/mol. The van der Waals surface area contributed by atoms with Crippen LogP contribution < -0.4 is 0 Å². The molecule has 0 spiro atoms. The zero-order valence-corrected chi connectivity index (χ0v) is 8.52. The van der Waals surface area contributed by atoms with E-state index in [1.807, 2.05) is 0 Å². The maximum atomic E-state index is 12.4. The minimum absolute atomic E-state index is 0.268. The Labute approximate surface area is 84.4 Å². The highest BCUT2D eigenvalue weighted by Crippen LogP contribution is 2.24. The smallest absolute Gasteiger partial charge is 0.332 e. The third-order valence-corrected chi connectivity index (χ3v) is 3.03. The maximum absolute atomic E-state index is 12.4. The van der Waals surface area contributed by atoms with Crippen LogP contribution in [0.3, 0.4) is 0 Å². The first-order chi connectivity index (χ1) is 6.60. The van der Waals surface area contributed by atoms with Gasteiger partial charge in [0.1, 0.15) is 15.5 Å². The summed E-state index contributed by atoms with van der Waals surface area (Å²) in [4.78, 5) is -2.25. The van der Waals surface area contributed by atoms with Crippen LogP contribution in [0, 0.1) is 0 Å². The number of rotatable bonds is 2. The second-order valence-electron chi connectivity index (χ2n) is 2.54. The molecule has 0 atom stereocenters. The van der Waals surface area contributed by atoms with Gasteiger partial charge in [-0.3, -0.25) is 0 Å². The molecule has 0 aliphatic rings. The van der Waals surface area contributed by atoms with E-state index in [1.165, 1.54) is 0 Å². The quantitative estimate of drug-likeness (QED) is 0.789. The van der Waals surface area contributed by atoms with Gasteiger partial charge < -0.3 is 5.11 Å². The minimum atomic E-state index is -5.20. The number of halogens is 2. The van der Waals surface area contributed by atoms with E-state index in [0.717, 1.165) is 0 Å². The molecule has 0 aromatic heterocycles. The molecule has 5 nitrogen and oxygen atoms in total. The molecular formula is C6H4F2O5S2. The Morgan fingerprint density at radius 3 is 1.47 bits per heavy atom. The van der Waals surface area contributed by atoms with Crippen LogP contribution in [0.15, 0.2) is 28.0 Å². The van der Waals surface area contributed by atoms with Crippen molar-refractivity contribution in [2.45, 2.75) is 9.79 Å². The maximum Gasteiger partial charge on any atom is 0.332 e. The van der Waals surface area contributed by atoms with E-state index in [9.17, 15) is 24.6 Å². The first kappa shape index (κ1) is 11.9. The number of hydrogen-bond acceptors (Lipinski definition) is 5. The highest BCUT2D eigenvalue weighted by atomic mass is 32.3. The van der Waals surface area contributed by atoms with Crippen LogP contribution in [0.4, 0.5) is 7.77 Å². The van der Waals surface area contributed by atoms with Gasteiger partial charge in [-0.15, -0.1) is 7.77 Å². The summed E-state index contributed by atoms with van der Waals surface area (Å²) in [6, 6.07) is 1.19. The van der Waals surface area contributed by atoms with Crippen LogP contribution in [0.1, 0.15) is 0 Å². The summed E-state index contributed by atoms with van der Waals surface area (Å²) >= 11 is 0. The Morgan fingerprint density at radius 1 is 0.867 bits per heavy atom. The lowest BCUT2D eigenvalue weighted by Crippen LogP contribution is -1.97. The molecule has 15 heavy (non-hydrogen) atoms. The van der Waals surface area contributed by atoms with E-state index in [0.29, 0.717) is 12.1 Å². The van der Waals surface area contributed by atoms with Gasteiger partial charge in [-0.05, 0) is 6.07 Å². The molecule has 0 aliphatic carbocycles. The molecule has 0 saturated carbocycles. The monoisotopic (exact) mass is 258 g/mol. The average Bonchev–Trinajstić information content (AvgIpc) is 1.99. The van der Waals surface area contributed by atoms with E-state index in [4.69, 9.17) is 5.11 Å². The molecule has 0 saturated heterocycles. The van der Waals surface area contributed by atoms with Crippen LogP contribution in [0.2, 0.25) is 0 Å². The first-order valence-electron chi connectivity index (χ1n) is 3.34. The lowest BCUT2D eigenvalue weighted by molar-refractivity contribution is 0.469. The largest absolute Gasteiger partial charge is 0.508 e. The molecule has 1 rings (SSSR count). The van der Waals surface area contributed by atoms with Crippen LogP contribution in [-0.2, 0) is 20.4 Å². The zero-order chi connectivity index (χ0) is 11.9. The summed E-state index contributed by atoms with van der Waals surface area (Å²) in [5, 5.41) is 8.86. The molecule has 0 bridgehead atoms. The van der Waals surface area contributed by atoms with Gasteiger partial charge in [0, 0.05) is 12.1 Å². The van der Waals surface area contributed by atoms with Crippen molar-refractivity contribution < 1.29 is 29.7 Å². The second kappa shape index (κ2) is 3.42. The molecule has 1 aromatic carbocycles. The van der Waals surface area contributed by atoms with Crippen molar-refractivity contribution in [2.75, 3.05) is 0 Å². The number of phenols is 1. The fourth-order valence-electron chi connectivity index (χ4n) is 0.838. The molecule has 0 unspecified atom stereocenters. The predicted molar refractivity (Wildman–Crippen MR) is 44.7 cm³/mol. The number of benzene rings is 1. The number of hydrogen-bond donors (Lipinski definition) is 1. The lowest BCUT2D eigenvalue weighted by Gasteiger charge is -1.99. The van der Waals surface area contributed by atoms with E-state index >= 15 is 0 Å². The molecule has 84 valence electrons. The Kier molecular flexibility index (Phi) is 2.70. The Morgan fingerprint density at radius 2 is 1.20 bits per heavy atom. The number of phenolic OH excluding ortho intramolecular Hbond substituents is 1. The van der Waals surface area contributed by atoms with Crippen molar-refractivity contribution in [3.05, 3.63) is 18.2 Å². The molecule has 0 heterocycles. The van der Waals surface area contributed by atoms with Gasteiger partial charge in [-0.2, -0.15) is 16.8 Å². The van der Waals surface area contributed by atoms with Crippen LogP contribution >= 0.6 is 0 Å². The first-order valence-corrected chi connectivity index (χ1v) is 6.11. The predicted octanol–water partition coefficient (Wildman–Crippen LogP) is 0.709. The van der Waals surface area contributed by atoms with Crippen LogP contribution in [0.5, 0.6) is 5.75 Å². The molecule has 0 radical (unpaired) electrons. The van der Waals surface area contributed by atoms with E-state index in [1.54, 1.807) is 0 Å². The van der Waals surface area contributed by atoms with Crippen molar-refractivity contribution >= 4 is 20.4 Å². The van der Waals surface area contributed by atoms with Gasteiger partial charge in [-0.1, -0.05) is 0 Å². The second-order valence-corrected chi connectivity index (χ2v) is 5.23. The van der Waals surface area contributed by atoms with E-state index in [2.05, 4.69) is 0 Å². The topological polar surface area (TPSA) is 88.5 Å². The molecule has 0 fully saturated rings. The van der Waals surface area contributed by atoms with Crippen molar-refractivity contribution in [1.29, 1.82) is 0 Å². The van der Waals surface area contributed by atoms with E-state index < -0.39 is 36.0 Å². The fourth-order valence-corrected chi connectivity index (χ4v) is 1.97. The van der Waals surface area contributed by atoms with Gasteiger partial charge in [0.05, 0.1) is 0 Å². The van der Waals surface area contributed by atoms with Crippen LogP contribution in [0.25, 0.3) is 0 Å². The van der Waals surface area contributed by atoms with Gasteiger partial charge >= 0.3 is 20.4 Å². The summed E-state index contributed by atoms with van der Waals surface area (Å²) in [6.45, 7) is 0. The lowest BCUT2D eigenvalue weighted by atomic mass is 10.3. The molecule has 0 amide bonds. The minimum Gasteiger partial charge on any atom is -0.508 e. The summed E-state index contributed by atoms with van der Waals surface area (Å²) in [6.07, 6.45) is 0. The normalized spacial score (nSPS) is 12.7. The summed E-state index contributed by atoms with van der Waals surface area (Å²) in [5.41, 5.74) is 0. The van der Waals surface area contributed by atoms with Crippen LogP contribution in [-0.4, -0.2) is 21.9 Å². The molecule has 0 aliphatic heterocycles. The van der Waals surface area contributed by atoms with E-state index in [-0.39, 0.29) is 6.07 Å². The number of aromatic hydroxyl groups is 1. The standard InChI is InChI=1S/C6H4F2O5S2/c7-14(10,11)5-1-4(9)2-6(3-5)15(8,12)13/h1-3,9H. The summed E-state index contributed by atoms with van der Waals surface area (Å²) in [7, 11) is -10.4. The molecule has 1 N–H and O–H groups in total. The third-order valence-electron chi connectivity index (χ3n) is 1.43. The fraction of sp³-hybridized carbons (Fsp3) is 0. The Bertz CT molecular complexity index is 540. The van der Waals surface area contributed by atoms with Crippen molar-refractivity contribution in [1.82, 2.24) is 0 Å². The molecule has 1 aromatic rings. The Balaban J connectivity index is 3.57. The van der Waals surface area contributed by atoms with Gasteiger partial charge in [-0.25, -0.2) is 0 Å². The van der Waals surface area contributed by atoms with Crippen molar-refractivity contribution in [3.63, 3.8) is 0 Å². The summed E-state index contributed by atoms with van der Waals surface area (Å²) < 4.78 is 66.3. The van der Waals surface area contributed by atoms with Gasteiger partial charge in [0.25, 0.3) is 0 Å². The molecular weight excluding hydrogens is 254 g/mol. The SMILES string of the molecule is O=S(=O)(F)c1cc(O)cc(S(=O)(=O)F)c1. The molecule has 9 heteroatoms. The van der Waals surface area contributed by atoms with Gasteiger partial charge in [0.2, 0.25) is 0 Å². The highest BCUT2D eigenvalue weighted by molar-refractivity contribution is 7.87. The highest BCUT2D eigenvalue weighted by Gasteiger charge is 2.20.